The molecule has 5 rings (SSSR count). The van der Waals surface area contributed by atoms with Crippen molar-refractivity contribution in [2.24, 2.45) is 5.92 Å². The lowest BCUT2D eigenvalue weighted by atomic mass is 9.98. The number of halogens is 1. The Morgan fingerprint density at radius 3 is 2.87 bits per heavy atom. The molecule has 2 aromatic carbocycles. The van der Waals surface area contributed by atoms with Crippen LogP contribution in [0.4, 0.5) is 4.39 Å². The van der Waals surface area contributed by atoms with E-state index in [1.807, 2.05) is 37.3 Å². The number of aromatic amines is 1. The average Bonchev–Trinajstić information content (AvgIpc) is 3.21. The highest BCUT2D eigenvalue weighted by molar-refractivity contribution is 6.02. The van der Waals surface area contributed by atoms with Crippen LogP contribution in [0, 0.1) is 16.9 Å². The summed E-state index contributed by atoms with van der Waals surface area (Å²) >= 11 is 0. The van der Waals surface area contributed by atoms with Crippen LogP contribution < -0.4 is 5.32 Å². The molecule has 1 aliphatic heterocycles. The number of para-hydroxylation sites is 1. The predicted molar refractivity (Wildman–Crippen MR) is 116 cm³/mol. The number of rotatable bonds is 3. The second kappa shape index (κ2) is 7.43. The first-order valence-corrected chi connectivity index (χ1v) is 10.0. The van der Waals surface area contributed by atoms with Crippen LogP contribution in [0.2, 0.25) is 0 Å². The molecule has 2 heterocycles. The predicted octanol–water partition coefficient (Wildman–Crippen LogP) is 4.10. The van der Waals surface area contributed by atoms with Crippen LogP contribution in [0.25, 0.3) is 22.0 Å². The Bertz CT molecular complexity index is 1270. The van der Waals surface area contributed by atoms with Crippen molar-refractivity contribution in [3.8, 4) is 11.1 Å². The Morgan fingerprint density at radius 1 is 1.26 bits per heavy atom. The van der Waals surface area contributed by atoms with Crippen LogP contribution in [0.3, 0.4) is 0 Å². The molecule has 2 unspecified atom stereocenters. The third-order valence-electron chi connectivity index (χ3n) is 5.60. The molecule has 0 fully saturated rings. The number of aromatic nitrogens is 1. The van der Waals surface area contributed by atoms with E-state index < -0.39 is 12.1 Å². The summed E-state index contributed by atoms with van der Waals surface area (Å²) in [5.41, 5.74) is 3.30. The van der Waals surface area contributed by atoms with Gasteiger partial charge in [-0.3, -0.25) is 10.1 Å². The van der Waals surface area contributed by atoms with Crippen molar-refractivity contribution in [2.75, 3.05) is 6.61 Å². The zero-order valence-corrected chi connectivity index (χ0v) is 16.8. The molecule has 2 atom stereocenters. The van der Waals surface area contributed by atoms with Gasteiger partial charge in [-0.2, -0.15) is 4.74 Å². The van der Waals surface area contributed by atoms with Crippen molar-refractivity contribution in [3.05, 3.63) is 89.2 Å². The number of amides is 1. The van der Waals surface area contributed by atoms with Crippen molar-refractivity contribution in [1.29, 1.82) is 0 Å². The quantitative estimate of drug-likeness (QED) is 0.497. The van der Waals surface area contributed by atoms with E-state index in [4.69, 9.17) is 4.74 Å². The lowest BCUT2D eigenvalue weighted by Gasteiger charge is -2.29. The molecule has 2 N–H and O–H groups in total. The van der Waals surface area contributed by atoms with Gasteiger partial charge in [0.05, 0.1) is 11.4 Å². The Balaban J connectivity index is 1.44. The standard InChI is InChI=1S/C24H20FN3O3/c1-14-4-2-7-20-23(14)28(30)21(13-31-20)27-24(29)19-12-16-5-3-6-18(22(16)26-19)15-8-10-17(25)11-9-15/h2-12,14,21,26H,13H2,1H3,(H,27,29). The average molecular weight is 417 g/mol. The van der Waals surface area contributed by atoms with E-state index in [9.17, 15) is 14.4 Å². The molecular weight excluding hydrogens is 397 g/mol. The van der Waals surface area contributed by atoms with Gasteiger partial charge in [-0.1, -0.05) is 42.5 Å². The molecule has 0 spiro atoms. The minimum absolute atomic E-state index is 0.0617. The minimum Gasteiger partial charge on any atom is -0.622 e. The van der Waals surface area contributed by atoms with Gasteiger partial charge in [0.25, 0.3) is 12.1 Å². The number of carbonyl (C=O) groups excluding carboxylic acids is 1. The van der Waals surface area contributed by atoms with Gasteiger partial charge < -0.3 is 14.9 Å². The Labute approximate surface area is 177 Å². The van der Waals surface area contributed by atoms with Gasteiger partial charge in [0.2, 0.25) is 5.71 Å². The number of carbonyl (C=O) groups is 1. The van der Waals surface area contributed by atoms with E-state index >= 15 is 0 Å². The van der Waals surface area contributed by atoms with Crippen LogP contribution in [0.5, 0.6) is 0 Å². The minimum atomic E-state index is -0.823. The van der Waals surface area contributed by atoms with Crippen LogP contribution in [0.1, 0.15) is 17.4 Å². The van der Waals surface area contributed by atoms with Gasteiger partial charge in [0.15, 0.2) is 12.4 Å². The first-order chi connectivity index (χ1) is 15.0. The van der Waals surface area contributed by atoms with Crippen molar-refractivity contribution >= 4 is 22.5 Å². The number of nitrogens with one attached hydrogen (secondary N) is 2. The summed E-state index contributed by atoms with van der Waals surface area (Å²) in [4.78, 5) is 16.1. The van der Waals surface area contributed by atoms with Gasteiger partial charge in [0.1, 0.15) is 11.5 Å². The maximum Gasteiger partial charge on any atom is 0.273 e. The first kappa shape index (κ1) is 19.1. The zero-order chi connectivity index (χ0) is 21.5. The molecule has 31 heavy (non-hydrogen) atoms. The lowest BCUT2D eigenvalue weighted by Crippen LogP contribution is -2.51. The molecule has 0 saturated heterocycles. The molecule has 7 heteroatoms. The Morgan fingerprint density at radius 2 is 2.06 bits per heavy atom. The second-order valence-corrected chi connectivity index (χ2v) is 7.68. The fourth-order valence-electron chi connectivity index (χ4n) is 4.02. The number of H-pyrrole nitrogens is 1. The number of hydrogen-bond acceptors (Lipinski definition) is 3. The van der Waals surface area contributed by atoms with Gasteiger partial charge in [-0.05, 0) is 36.8 Å². The summed E-state index contributed by atoms with van der Waals surface area (Å²) in [6.07, 6.45) is 4.70. The number of allylic oxidation sites excluding steroid dienone is 4. The third kappa shape index (κ3) is 3.38. The number of fused-ring (bicyclic) bond motifs is 2. The topological polar surface area (TPSA) is 80.2 Å². The van der Waals surface area contributed by atoms with Gasteiger partial charge >= 0.3 is 0 Å². The number of ether oxygens (including phenoxy) is 1. The van der Waals surface area contributed by atoms with Gasteiger partial charge in [-0.25, -0.2) is 4.39 Å². The van der Waals surface area contributed by atoms with E-state index in [-0.39, 0.29) is 18.3 Å². The normalized spacial score (nSPS) is 20.3. The van der Waals surface area contributed by atoms with Crippen LogP contribution in [0.15, 0.2) is 72.5 Å². The van der Waals surface area contributed by atoms with Crippen molar-refractivity contribution in [1.82, 2.24) is 10.3 Å². The highest BCUT2D eigenvalue weighted by Crippen LogP contribution is 2.29. The smallest absolute Gasteiger partial charge is 0.273 e. The van der Waals surface area contributed by atoms with Crippen LogP contribution in [-0.2, 0) is 4.74 Å². The summed E-state index contributed by atoms with van der Waals surface area (Å²) < 4.78 is 19.8. The third-order valence-corrected chi connectivity index (χ3v) is 5.60. The molecule has 1 amide bonds. The van der Waals surface area contributed by atoms with E-state index in [0.717, 1.165) is 26.8 Å². The van der Waals surface area contributed by atoms with Crippen LogP contribution >= 0.6 is 0 Å². The molecule has 0 bridgehead atoms. The maximum atomic E-state index is 13.3. The summed E-state index contributed by atoms with van der Waals surface area (Å²) in [6.45, 7) is 1.97. The Kier molecular flexibility index (Phi) is 4.58. The molecule has 6 nitrogen and oxygen atoms in total. The SMILES string of the molecule is CC1C=CC=C2OCC(NC(=O)c3cc4cccc(-c5ccc(F)cc5)c4[nH]3)[N+]([O-])=C21. The number of benzene rings is 2. The fourth-order valence-corrected chi connectivity index (χ4v) is 4.02. The van der Waals surface area contributed by atoms with Gasteiger partial charge in [0, 0.05) is 10.9 Å². The van der Waals surface area contributed by atoms with Crippen molar-refractivity contribution in [3.63, 3.8) is 0 Å². The molecule has 156 valence electrons. The van der Waals surface area contributed by atoms with Crippen molar-refractivity contribution < 1.29 is 18.7 Å². The number of hydroxylamine groups is 1. The van der Waals surface area contributed by atoms with Crippen molar-refractivity contribution in [2.45, 2.75) is 13.1 Å². The molecule has 2 aliphatic rings. The van der Waals surface area contributed by atoms with Crippen LogP contribution in [-0.4, -0.2) is 34.1 Å². The summed E-state index contributed by atoms with van der Waals surface area (Å²) in [6, 6.07) is 13.6. The molecule has 1 aliphatic carbocycles. The largest absolute Gasteiger partial charge is 0.622 e. The maximum absolute atomic E-state index is 13.3. The summed E-state index contributed by atoms with van der Waals surface area (Å²) in [7, 11) is 0. The highest BCUT2D eigenvalue weighted by atomic mass is 19.1. The van der Waals surface area contributed by atoms with E-state index in [0.29, 0.717) is 17.2 Å². The molecule has 0 saturated carbocycles. The molecule has 1 aromatic heterocycles. The highest BCUT2D eigenvalue weighted by Gasteiger charge is 2.36. The molecule has 3 aromatic rings. The molecule has 0 radical (unpaired) electrons. The lowest BCUT2D eigenvalue weighted by molar-refractivity contribution is -0.518. The number of hydrogen-bond donors (Lipinski definition) is 2. The number of nitrogens with zero attached hydrogens (tertiary/aromatic N) is 1. The molecular formula is C24H20FN3O3. The first-order valence-electron chi connectivity index (χ1n) is 10.0. The monoisotopic (exact) mass is 417 g/mol. The van der Waals surface area contributed by atoms with E-state index in [1.165, 1.54) is 12.1 Å². The summed E-state index contributed by atoms with van der Waals surface area (Å²) in [5.74, 6) is -0.255. The van der Waals surface area contributed by atoms with E-state index in [1.54, 1.807) is 24.3 Å². The second-order valence-electron chi connectivity index (χ2n) is 7.68. The summed E-state index contributed by atoms with van der Waals surface area (Å²) in [5, 5.41) is 16.5. The van der Waals surface area contributed by atoms with E-state index in [2.05, 4.69) is 10.3 Å². The fraction of sp³-hybridized carbons (Fsp3) is 0.167. The Hall–Kier alpha value is -3.87. The zero-order valence-electron chi connectivity index (χ0n) is 16.8. The van der Waals surface area contributed by atoms with Gasteiger partial charge in [-0.15, -0.1) is 0 Å².